The maximum absolute atomic E-state index is 12.6. The van der Waals surface area contributed by atoms with Gasteiger partial charge in [-0.1, -0.05) is 53.5 Å². The van der Waals surface area contributed by atoms with E-state index in [-0.39, 0.29) is 0 Å². The fraction of sp³-hybridized carbons (Fsp3) is 0.273. The topological polar surface area (TPSA) is 70.2 Å². The molecule has 0 aromatic heterocycles. The minimum absolute atomic E-state index is 0.414. The third-order valence-electron chi connectivity index (χ3n) is 5.28. The van der Waals surface area contributed by atoms with Gasteiger partial charge in [-0.2, -0.15) is 0 Å². The van der Waals surface area contributed by atoms with E-state index in [2.05, 4.69) is 16.2 Å². The van der Waals surface area contributed by atoms with Gasteiger partial charge >= 0.3 is 0 Å². The number of nitrogens with one attached hydrogen (secondary N) is 3. The molecule has 2 aromatic carbocycles. The van der Waals surface area contributed by atoms with E-state index in [1.807, 2.05) is 44.2 Å². The number of hydrazine groups is 1. The van der Waals surface area contributed by atoms with Crippen LogP contribution in [0.5, 0.6) is 0 Å². The van der Waals surface area contributed by atoms with E-state index in [4.69, 9.17) is 23.2 Å². The molecule has 2 atom stereocenters. The molecule has 0 bridgehead atoms. The van der Waals surface area contributed by atoms with Crippen molar-refractivity contribution in [3.05, 3.63) is 75.4 Å². The monoisotopic (exact) mass is 431 g/mol. The van der Waals surface area contributed by atoms with Crippen LogP contribution in [0.1, 0.15) is 19.4 Å². The molecule has 0 spiro atoms. The minimum Gasteiger partial charge on any atom is -0.306 e. The maximum Gasteiger partial charge on any atom is 0.204 e. The molecule has 0 radical (unpaired) electrons. The Kier molecular flexibility index (Phi) is 6.63. The van der Waals surface area contributed by atoms with Gasteiger partial charge in [0.2, 0.25) is 5.78 Å². The molecule has 0 aliphatic carbocycles. The third kappa shape index (κ3) is 4.81. The van der Waals surface area contributed by atoms with Crippen molar-refractivity contribution in [3.8, 4) is 0 Å². The summed E-state index contributed by atoms with van der Waals surface area (Å²) in [5, 5.41) is 4.47. The molecule has 2 aromatic rings. The number of ketones is 1. The quantitative estimate of drug-likeness (QED) is 0.348. The summed E-state index contributed by atoms with van der Waals surface area (Å²) in [5.74, 6) is -0.996. The van der Waals surface area contributed by atoms with Gasteiger partial charge in [-0.15, -0.1) is 0 Å². The van der Waals surface area contributed by atoms with Crippen LogP contribution in [0.2, 0.25) is 10.0 Å². The molecule has 1 fully saturated rings. The molecule has 1 saturated heterocycles. The lowest BCUT2D eigenvalue weighted by Crippen LogP contribution is -2.47. The van der Waals surface area contributed by atoms with Gasteiger partial charge in [0.05, 0.1) is 16.6 Å². The molecular weight excluding hydrogens is 409 g/mol. The summed E-state index contributed by atoms with van der Waals surface area (Å²) in [7, 11) is 0. The SMILES string of the molecule is CC(NNc1ccc(Cl)cc1Cl)=C1CNC(C)(Cc2ccccc2)C1C(=O)C=O. The van der Waals surface area contributed by atoms with Crippen molar-refractivity contribution in [2.24, 2.45) is 5.92 Å². The van der Waals surface area contributed by atoms with Crippen LogP contribution in [0.15, 0.2) is 59.8 Å². The van der Waals surface area contributed by atoms with Crippen LogP contribution in [-0.4, -0.2) is 24.2 Å². The summed E-state index contributed by atoms with van der Waals surface area (Å²) in [4.78, 5) is 24.0. The summed E-state index contributed by atoms with van der Waals surface area (Å²) in [6.45, 7) is 4.35. The van der Waals surface area contributed by atoms with Crippen LogP contribution >= 0.6 is 23.2 Å². The Morgan fingerprint density at radius 3 is 2.62 bits per heavy atom. The summed E-state index contributed by atoms with van der Waals surface area (Å²) in [6.07, 6.45) is 1.04. The van der Waals surface area contributed by atoms with Crippen LogP contribution in [0.3, 0.4) is 0 Å². The molecule has 1 aliphatic rings. The highest BCUT2D eigenvalue weighted by molar-refractivity contribution is 6.36. The molecule has 7 heteroatoms. The number of carbonyl (C=O) groups excluding carboxylic acids is 2. The van der Waals surface area contributed by atoms with Crippen LogP contribution < -0.4 is 16.2 Å². The Morgan fingerprint density at radius 1 is 1.24 bits per heavy atom. The first-order valence-electron chi connectivity index (χ1n) is 9.29. The maximum atomic E-state index is 12.6. The van der Waals surface area contributed by atoms with Gasteiger partial charge in [0.1, 0.15) is 0 Å². The Labute approximate surface area is 180 Å². The van der Waals surface area contributed by atoms with E-state index in [9.17, 15) is 9.59 Å². The second-order valence-electron chi connectivity index (χ2n) is 7.41. The fourth-order valence-corrected chi connectivity index (χ4v) is 4.26. The Balaban J connectivity index is 1.84. The van der Waals surface area contributed by atoms with Gasteiger partial charge in [0.25, 0.3) is 0 Å². The summed E-state index contributed by atoms with van der Waals surface area (Å²) in [5.41, 5.74) is 8.96. The number of allylic oxidation sites excluding steroid dienone is 1. The molecule has 2 unspecified atom stereocenters. The normalized spacial score (nSPS) is 22.8. The van der Waals surface area contributed by atoms with E-state index in [1.54, 1.807) is 18.2 Å². The molecule has 0 amide bonds. The van der Waals surface area contributed by atoms with E-state index >= 15 is 0 Å². The molecule has 29 heavy (non-hydrogen) atoms. The third-order valence-corrected chi connectivity index (χ3v) is 5.83. The molecule has 0 saturated carbocycles. The van der Waals surface area contributed by atoms with Crippen molar-refractivity contribution < 1.29 is 9.59 Å². The second kappa shape index (κ2) is 8.99. The minimum atomic E-state index is -0.560. The number of hydrogen-bond acceptors (Lipinski definition) is 5. The molecule has 3 rings (SSSR count). The Morgan fingerprint density at radius 2 is 1.97 bits per heavy atom. The highest BCUT2D eigenvalue weighted by atomic mass is 35.5. The first-order chi connectivity index (χ1) is 13.8. The van der Waals surface area contributed by atoms with Crippen molar-refractivity contribution in [3.63, 3.8) is 0 Å². The average molecular weight is 432 g/mol. The zero-order chi connectivity index (χ0) is 21.0. The summed E-state index contributed by atoms with van der Waals surface area (Å²) < 4.78 is 0. The number of aldehydes is 1. The van der Waals surface area contributed by atoms with Crippen LogP contribution in [-0.2, 0) is 16.0 Å². The average Bonchev–Trinajstić information content (AvgIpc) is 3.04. The smallest absolute Gasteiger partial charge is 0.204 e. The lowest BCUT2D eigenvalue weighted by Gasteiger charge is -2.30. The molecule has 3 N–H and O–H groups in total. The zero-order valence-electron chi connectivity index (χ0n) is 16.3. The number of benzene rings is 2. The predicted molar refractivity (Wildman–Crippen MR) is 117 cm³/mol. The lowest BCUT2D eigenvalue weighted by molar-refractivity contribution is -0.132. The van der Waals surface area contributed by atoms with Crippen LogP contribution in [0, 0.1) is 5.92 Å². The lowest BCUT2D eigenvalue weighted by atomic mass is 9.77. The number of hydrogen-bond donors (Lipinski definition) is 3. The number of halogens is 2. The van der Waals surface area contributed by atoms with Crippen LogP contribution in [0.4, 0.5) is 5.69 Å². The highest BCUT2D eigenvalue weighted by Gasteiger charge is 2.46. The first-order valence-corrected chi connectivity index (χ1v) is 10.0. The molecule has 152 valence electrons. The fourth-order valence-electron chi connectivity index (χ4n) is 3.81. The van der Waals surface area contributed by atoms with Crippen molar-refractivity contribution in [1.29, 1.82) is 0 Å². The van der Waals surface area contributed by atoms with Gasteiger partial charge < -0.3 is 10.7 Å². The molecule has 1 heterocycles. The summed E-state index contributed by atoms with van der Waals surface area (Å²) >= 11 is 12.1. The van der Waals surface area contributed by atoms with Gasteiger partial charge in [0.15, 0.2) is 6.29 Å². The standard InChI is InChI=1S/C22H23Cl2N3O2/c1-14(26-27-19-9-8-16(23)10-18(19)24)17-12-25-22(2,21(17)20(29)13-28)11-15-6-4-3-5-7-15/h3-10,13,21,25-27H,11-12H2,1-2H3. The predicted octanol–water partition coefficient (Wildman–Crippen LogP) is 4.17. The van der Waals surface area contributed by atoms with Crippen molar-refractivity contribution in [2.75, 3.05) is 12.0 Å². The number of anilines is 1. The Hall–Kier alpha value is -2.34. The first kappa shape index (κ1) is 21.4. The molecular formula is C22H23Cl2N3O2. The molecule has 5 nitrogen and oxygen atoms in total. The van der Waals surface area contributed by atoms with Crippen LogP contribution in [0.25, 0.3) is 0 Å². The van der Waals surface area contributed by atoms with Gasteiger partial charge in [0, 0.05) is 22.8 Å². The largest absolute Gasteiger partial charge is 0.306 e. The van der Waals surface area contributed by atoms with E-state index < -0.39 is 17.2 Å². The van der Waals surface area contributed by atoms with Crippen molar-refractivity contribution >= 4 is 41.0 Å². The second-order valence-corrected chi connectivity index (χ2v) is 8.25. The van der Waals surface area contributed by atoms with Crippen molar-refractivity contribution in [2.45, 2.75) is 25.8 Å². The van der Waals surface area contributed by atoms with Crippen molar-refractivity contribution in [1.82, 2.24) is 10.7 Å². The number of Topliss-reactive ketones (excluding diaryl/α,β-unsaturated/α-hetero) is 1. The zero-order valence-corrected chi connectivity index (χ0v) is 17.8. The number of carbonyl (C=O) groups is 2. The van der Waals surface area contributed by atoms with Gasteiger partial charge in [-0.3, -0.25) is 15.0 Å². The van der Waals surface area contributed by atoms with E-state index in [1.165, 1.54) is 0 Å². The van der Waals surface area contributed by atoms with E-state index in [0.717, 1.165) is 16.8 Å². The Bertz CT molecular complexity index is 946. The molecule has 1 aliphatic heterocycles. The number of rotatable bonds is 7. The summed E-state index contributed by atoms with van der Waals surface area (Å²) in [6, 6.07) is 15.1. The van der Waals surface area contributed by atoms with Gasteiger partial charge in [-0.25, -0.2) is 0 Å². The highest BCUT2D eigenvalue weighted by Crippen LogP contribution is 2.35. The van der Waals surface area contributed by atoms with E-state index in [0.29, 0.717) is 35.0 Å². The van der Waals surface area contributed by atoms with Gasteiger partial charge in [-0.05, 0) is 49.6 Å².